The van der Waals surface area contributed by atoms with Crippen molar-refractivity contribution in [1.29, 1.82) is 0 Å². The van der Waals surface area contributed by atoms with E-state index in [1.165, 1.54) is 5.56 Å². The summed E-state index contributed by atoms with van der Waals surface area (Å²) < 4.78 is 10.7. The molecular weight excluding hydrogens is 190 g/mol. The zero-order valence-corrected chi connectivity index (χ0v) is 9.03. The zero-order chi connectivity index (χ0) is 10.5. The van der Waals surface area contributed by atoms with E-state index in [-0.39, 0.29) is 0 Å². The predicted octanol–water partition coefficient (Wildman–Crippen LogP) is 1.23. The van der Waals surface area contributed by atoms with Gasteiger partial charge < -0.3 is 14.8 Å². The van der Waals surface area contributed by atoms with Crippen LogP contribution in [0.2, 0.25) is 0 Å². The van der Waals surface area contributed by atoms with Crippen LogP contribution in [-0.2, 0) is 11.2 Å². The summed E-state index contributed by atoms with van der Waals surface area (Å²) in [7, 11) is 1.68. The number of rotatable bonds is 5. The molecule has 0 atom stereocenters. The maximum absolute atomic E-state index is 5.64. The highest BCUT2D eigenvalue weighted by molar-refractivity contribution is 5.27. The Morgan fingerprint density at radius 3 is 2.53 bits per heavy atom. The summed E-state index contributed by atoms with van der Waals surface area (Å²) >= 11 is 0. The Balaban J connectivity index is 1.72. The lowest BCUT2D eigenvalue weighted by Crippen LogP contribution is -2.48. The number of benzene rings is 1. The summed E-state index contributed by atoms with van der Waals surface area (Å²) in [6.45, 7) is 2.81. The molecule has 3 nitrogen and oxygen atoms in total. The first-order valence-electron chi connectivity index (χ1n) is 5.34. The van der Waals surface area contributed by atoms with Gasteiger partial charge in [-0.25, -0.2) is 0 Å². The van der Waals surface area contributed by atoms with Crippen molar-refractivity contribution in [1.82, 2.24) is 5.32 Å². The van der Waals surface area contributed by atoms with Crippen LogP contribution in [0.4, 0.5) is 0 Å². The Morgan fingerprint density at radius 1 is 1.27 bits per heavy atom. The van der Waals surface area contributed by atoms with Gasteiger partial charge in [-0.15, -0.1) is 0 Å². The average molecular weight is 207 g/mol. The Labute approximate surface area is 90.4 Å². The van der Waals surface area contributed by atoms with Gasteiger partial charge in [0.1, 0.15) is 5.75 Å². The molecule has 1 fully saturated rings. The second-order valence-electron chi connectivity index (χ2n) is 3.75. The molecule has 3 heteroatoms. The van der Waals surface area contributed by atoms with Gasteiger partial charge in [-0.1, -0.05) is 12.1 Å². The number of nitrogens with one attached hydrogen (secondary N) is 1. The molecule has 0 spiro atoms. The number of ether oxygens (including phenoxy) is 2. The Bertz CT molecular complexity index is 293. The van der Waals surface area contributed by atoms with Crippen LogP contribution in [0, 0.1) is 0 Å². The second kappa shape index (κ2) is 5.14. The molecule has 0 radical (unpaired) electrons. The predicted molar refractivity (Wildman–Crippen MR) is 59.3 cm³/mol. The molecule has 0 amide bonds. The SMILES string of the molecule is COc1ccc(CCOC2CNC2)cc1. The summed E-state index contributed by atoms with van der Waals surface area (Å²) in [5.74, 6) is 0.905. The maximum Gasteiger partial charge on any atom is 0.118 e. The van der Waals surface area contributed by atoms with E-state index >= 15 is 0 Å². The third-order valence-electron chi connectivity index (χ3n) is 2.65. The molecule has 1 aromatic carbocycles. The quantitative estimate of drug-likeness (QED) is 0.787. The van der Waals surface area contributed by atoms with Crippen LogP contribution in [0.5, 0.6) is 5.75 Å². The van der Waals surface area contributed by atoms with Gasteiger partial charge in [-0.05, 0) is 24.1 Å². The minimum absolute atomic E-state index is 0.434. The standard InChI is InChI=1S/C12H17NO2/c1-14-11-4-2-10(3-5-11)6-7-15-12-8-13-9-12/h2-5,12-13H,6-9H2,1H3. The monoisotopic (exact) mass is 207 g/mol. The van der Waals surface area contributed by atoms with Crippen molar-refractivity contribution >= 4 is 0 Å². The fourth-order valence-corrected chi connectivity index (χ4v) is 1.52. The van der Waals surface area contributed by atoms with Gasteiger partial charge in [0.15, 0.2) is 0 Å². The van der Waals surface area contributed by atoms with E-state index in [1.807, 2.05) is 12.1 Å². The van der Waals surface area contributed by atoms with E-state index in [0.717, 1.165) is 31.9 Å². The molecular formula is C12H17NO2. The van der Waals surface area contributed by atoms with E-state index in [2.05, 4.69) is 17.4 Å². The van der Waals surface area contributed by atoms with Crippen molar-refractivity contribution in [2.45, 2.75) is 12.5 Å². The van der Waals surface area contributed by atoms with Gasteiger partial charge in [0, 0.05) is 13.1 Å². The molecule has 1 saturated heterocycles. The highest BCUT2D eigenvalue weighted by atomic mass is 16.5. The van der Waals surface area contributed by atoms with Crippen LogP contribution in [-0.4, -0.2) is 32.9 Å². The largest absolute Gasteiger partial charge is 0.497 e. The summed E-state index contributed by atoms with van der Waals surface area (Å²) in [5.41, 5.74) is 1.29. The van der Waals surface area contributed by atoms with Crippen LogP contribution < -0.4 is 10.1 Å². The number of methoxy groups -OCH3 is 1. The molecule has 82 valence electrons. The summed E-state index contributed by atoms with van der Waals surface area (Å²) in [5, 5.41) is 3.18. The van der Waals surface area contributed by atoms with Crippen molar-refractivity contribution < 1.29 is 9.47 Å². The normalized spacial score (nSPS) is 16.1. The Morgan fingerprint density at radius 2 is 2.00 bits per heavy atom. The highest BCUT2D eigenvalue weighted by Crippen LogP contribution is 2.12. The van der Waals surface area contributed by atoms with E-state index in [0.29, 0.717) is 6.10 Å². The van der Waals surface area contributed by atoms with Crippen LogP contribution in [0.3, 0.4) is 0 Å². The van der Waals surface area contributed by atoms with Crippen molar-refractivity contribution in [3.05, 3.63) is 29.8 Å². The molecule has 0 aromatic heterocycles. The van der Waals surface area contributed by atoms with E-state index in [9.17, 15) is 0 Å². The fourth-order valence-electron chi connectivity index (χ4n) is 1.52. The molecule has 1 aromatic rings. The average Bonchev–Trinajstić information content (AvgIpc) is 2.23. The lowest BCUT2D eigenvalue weighted by Gasteiger charge is -2.27. The second-order valence-corrected chi connectivity index (χ2v) is 3.75. The van der Waals surface area contributed by atoms with Crippen molar-refractivity contribution in [3.63, 3.8) is 0 Å². The van der Waals surface area contributed by atoms with Gasteiger partial charge in [0.2, 0.25) is 0 Å². The Hall–Kier alpha value is -1.06. The minimum Gasteiger partial charge on any atom is -0.497 e. The topological polar surface area (TPSA) is 30.5 Å². The van der Waals surface area contributed by atoms with E-state index < -0.39 is 0 Å². The lowest BCUT2D eigenvalue weighted by molar-refractivity contribution is 0.0208. The molecule has 1 aliphatic rings. The summed E-state index contributed by atoms with van der Waals surface area (Å²) in [6, 6.07) is 8.14. The van der Waals surface area contributed by atoms with Crippen LogP contribution in [0.15, 0.2) is 24.3 Å². The first-order chi connectivity index (χ1) is 7.38. The molecule has 0 bridgehead atoms. The molecule has 1 aliphatic heterocycles. The maximum atomic E-state index is 5.64. The molecule has 0 aliphatic carbocycles. The van der Waals surface area contributed by atoms with E-state index in [1.54, 1.807) is 7.11 Å². The highest BCUT2D eigenvalue weighted by Gasteiger charge is 2.16. The summed E-state index contributed by atoms with van der Waals surface area (Å²) in [6.07, 6.45) is 1.41. The smallest absolute Gasteiger partial charge is 0.118 e. The van der Waals surface area contributed by atoms with Gasteiger partial charge >= 0.3 is 0 Å². The lowest BCUT2D eigenvalue weighted by atomic mass is 10.1. The van der Waals surface area contributed by atoms with Gasteiger partial charge in [-0.3, -0.25) is 0 Å². The van der Waals surface area contributed by atoms with Crippen LogP contribution in [0.1, 0.15) is 5.56 Å². The Kier molecular flexibility index (Phi) is 3.59. The molecule has 15 heavy (non-hydrogen) atoms. The molecule has 2 rings (SSSR count). The molecule has 0 unspecified atom stereocenters. The van der Waals surface area contributed by atoms with Crippen LogP contribution >= 0.6 is 0 Å². The molecule has 1 heterocycles. The van der Waals surface area contributed by atoms with E-state index in [4.69, 9.17) is 9.47 Å². The van der Waals surface area contributed by atoms with Gasteiger partial charge in [-0.2, -0.15) is 0 Å². The third-order valence-corrected chi connectivity index (χ3v) is 2.65. The van der Waals surface area contributed by atoms with Crippen molar-refractivity contribution in [2.24, 2.45) is 0 Å². The van der Waals surface area contributed by atoms with Gasteiger partial charge in [0.05, 0.1) is 19.8 Å². The van der Waals surface area contributed by atoms with Gasteiger partial charge in [0.25, 0.3) is 0 Å². The zero-order valence-electron chi connectivity index (χ0n) is 9.03. The molecule has 0 saturated carbocycles. The minimum atomic E-state index is 0.434. The fraction of sp³-hybridized carbons (Fsp3) is 0.500. The summed E-state index contributed by atoms with van der Waals surface area (Å²) in [4.78, 5) is 0. The molecule has 1 N–H and O–H groups in total. The van der Waals surface area contributed by atoms with Crippen molar-refractivity contribution in [3.8, 4) is 5.75 Å². The van der Waals surface area contributed by atoms with Crippen LogP contribution in [0.25, 0.3) is 0 Å². The first kappa shape index (κ1) is 10.5. The third kappa shape index (κ3) is 2.94. The number of hydrogen-bond donors (Lipinski definition) is 1. The first-order valence-corrected chi connectivity index (χ1v) is 5.34. The number of hydrogen-bond acceptors (Lipinski definition) is 3. The van der Waals surface area contributed by atoms with Crippen molar-refractivity contribution in [2.75, 3.05) is 26.8 Å².